The Bertz CT molecular complexity index is 373. The largest absolute Gasteiger partial charge is 0.349 e. The van der Waals surface area contributed by atoms with Gasteiger partial charge in [-0.2, -0.15) is 0 Å². The average molecular weight is 249 g/mol. The zero-order chi connectivity index (χ0) is 13.0. The topological polar surface area (TPSA) is 20.2 Å². The molecular formula is C15H27N3. The van der Waals surface area contributed by atoms with Crippen molar-refractivity contribution in [2.24, 2.45) is 0 Å². The number of hydrogen-bond donors (Lipinski definition) is 1. The highest BCUT2D eigenvalue weighted by atomic mass is 15.1. The van der Waals surface area contributed by atoms with Crippen molar-refractivity contribution in [2.45, 2.75) is 40.2 Å². The van der Waals surface area contributed by atoms with E-state index in [9.17, 15) is 0 Å². The van der Waals surface area contributed by atoms with Gasteiger partial charge in [0.2, 0.25) is 0 Å². The maximum atomic E-state index is 3.46. The van der Waals surface area contributed by atoms with Gasteiger partial charge in [0.15, 0.2) is 0 Å². The standard InChI is InChI=1S/C15H27N3/c1-4-18-13(2)12-15(14(18)3)6-10-17-9-5-7-16-8-11-17/h12,16H,4-11H2,1-3H3. The summed E-state index contributed by atoms with van der Waals surface area (Å²) in [6.07, 6.45) is 2.48. The molecule has 0 radical (unpaired) electrons. The molecule has 0 atom stereocenters. The van der Waals surface area contributed by atoms with Crippen molar-refractivity contribution < 1.29 is 0 Å². The molecule has 1 aliphatic heterocycles. The van der Waals surface area contributed by atoms with Crippen molar-refractivity contribution in [2.75, 3.05) is 32.7 Å². The van der Waals surface area contributed by atoms with E-state index in [0.717, 1.165) is 13.1 Å². The average Bonchev–Trinajstić information content (AvgIpc) is 2.58. The molecule has 0 saturated carbocycles. The van der Waals surface area contributed by atoms with Crippen LogP contribution in [0.5, 0.6) is 0 Å². The molecule has 3 heteroatoms. The molecule has 18 heavy (non-hydrogen) atoms. The second kappa shape index (κ2) is 6.39. The van der Waals surface area contributed by atoms with Crippen molar-refractivity contribution in [1.82, 2.24) is 14.8 Å². The fourth-order valence-corrected chi connectivity index (χ4v) is 3.02. The molecule has 0 bridgehead atoms. The first-order chi connectivity index (χ1) is 8.72. The maximum Gasteiger partial charge on any atom is 0.0196 e. The third-order valence-electron chi connectivity index (χ3n) is 4.12. The molecular weight excluding hydrogens is 222 g/mol. The van der Waals surface area contributed by atoms with Crippen molar-refractivity contribution >= 4 is 0 Å². The molecule has 102 valence electrons. The molecule has 3 nitrogen and oxygen atoms in total. The minimum absolute atomic E-state index is 1.09. The summed E-state index contributed by atoms with van der Waals surface area (Å²) in [5.41, 5.74) is 4.40. The molecule has 1 N–H and O–H groups in total. The van der Waals surface area contributed by atoms with E-state index in [4.69, 9.17) is 0 Å². The normalized spacial score (nSPS) is 17.9. The van der Waals surface area contributed by atoms with Crippen molar-refractivity contribution in [1.29, 1.82) is 0 Å². The highest BCUT2D eigenvalue weighted by Crippen LogP contribution is 2.16. The molecule has 1 aromatic heterocycles. The Hall–Kier alpha value is -0.800. The second-order valence-electron chi connectivity index (χ2n) is 5.34. The van der Waals surface area contributed by atoms with E-state index in [2.05, 4.69) is 41.6 Å². The van der Waals surface area contributed by atoms with Crippen LogP contribution in [0.25, 0.3) is 0 Å². The van der Waals surface area contributed by atoms with Gasteiger partial charge in [0.05, 0.1) is 0 Å². The smallest absolute Gasteiger partial charge is 0.0196 e. The summed E-state index contributed by atoms with van der Waals surface area (Å²) >= 11 is 0. The number of rotatable bonds is 4. The third kappa shape index (κ3) is 3.15. The van der Waals surface area contributed by atoms with Gasteiger partial charge in [0.1, 0.15) is 0 Å². The van der Waals surface area contributed by atoms with Gasteiger partial charge in [-0.25, -0.2) is 0 Å². The summed E-state index contributed by atoms with van der Waals surface area (Å²) < 4.78 is 2.42. The van der Waals surface area contributed by atoms with Gasteiger partial charge in [0.25, 0.3) is 0 Å². The summed E-state index contributed by atoms with van der Waals surface area (Å²) in [7, 11) is 0. The highest BCUT2D eigenvalue weighted by Gasteiger charge is 2.11. The Labute approximate surface area is 111 Å². The molecule has 1 fully saturated rings. The first-order valence-electron chi connectivity index (χ1n) is 7.31. The Morgan fingerprint density at radius 1 is 1.22 bits per heavy atom. The molecule has 1 aliphatic rings. The minimum Gasteiger partial charge on any atom is -0.349 e. The zero-order valence-corrected chi connectivity index (χ0v) is 12.1. The van der Waals surface area contributed by atoms with E-state index in [1.807, 2.05) is 0 Å². The monoisotopic (exact) mass is 249 g/mol. The Balaban J connectivity index is 1.93. The van der Waals surface area contributed by atoms with E-state index < -0.39 is 0 Å². The van der Waals surface area contributed by atoms with Crippen molar-refractivity contribution in [3.8, 4) is 0 Å². The lowest BCUT2D eigenvalue weighted by Gasteiger charge is -2.19. The van der Waals surface area contributed by atoms with Gasteiger partial charge in [-0.05, 0) is 58.3 Å². The lowest BCUT2D eigenvalue weighted by molar-refractivity contribution is 0.296. The fraction of sp³-hybridized carbons (Fsp3) is 0.733. The zero-order valence-electron chi connectivity index (χ0n) is 12.1. The van der Waals surface area contributed by atoms with Crippen LogP contribution in [0.15, 0.2) is 6.07 Å². The van der Waals surface area contributed by atoms with Crippen LogP contribution in [0.3, 0.4) is 0 Å². The van der Waals surface area contributed by atoms with Crippen LogP contribution in [0.1, 0.15) is 30.3 Å². The lowest BCUT2D eigenvalue weighted by atomic mass is 10.1. The van der Waals surface area contributed by atoms with Crippen molar-refractivity contribution in [3.63, 3.8) is 0 Å². The number of hydrogen-bond acceptors (Lipinski definition) is 2. The number of aromatic nitrogens is 1. The molecule has 1 aromatic rings. The minimum atomic E-state index is 1.09. The predicted molar refractivity (Wildman–Crippen MR) is 77.2 cm³/mol. The SMILES string of the molecule is CCn1c(C)cc(CCN2CCCNCC2)c1C. The summed E-state index contributed by atoms with van der Waals surface area (Å²) in [6, 6.07) is 2.37. The van der Waals surface area contributed by atoms with E-state index in [1.54, 1.807) is 0 Å². The van der Waals surface area contributed by atoms with Gasteiger partial charge in [-0.3, -0.25) is 0 Å². The van der Waals surface area contributed by atoms with Gasteiger partial charge >= 0.3 is 0 Å². The molecule has 0 unspecified atom stereocenters. The number of aryl methyl sites for hydroxylation is 1. The first-order valence-corrected chi connectivity index (χ1v) is 7.31. The summed E-state index contributed by atoms with van der Waals surface area (Å²) in [5, 5.41) is 3.46. The third-order valence-corrected chi connectivity index (χ3v) is 4.12. The Morgan fingerprint density at radius 2 is 2.06 bits per heavy atom. The Kier molecular flexibility index (Phi) is 4.84. The van der Waals surface area contributed by atoms with Crippen LogP contribution < -0.4 is 5.32 Å². The fourth-order valence-electron chi connectivity index (χ4n) is 3.02. The van der Waals surface area contributed by atoms with Gasteiger partial charge in [-0.1, -0.05) is 0 Å². The molecule has 2 heterocycles. The van der Waals surface area contributed by atoms with E-state index in [0.29, 0.717) is 0 Å². The van der Waals surface area contributed by atoms with Crippen LogP contribution in [0.4, 0.5) is 0 Å². The van der Waals surface area contributed by atoms with Crippen LogP contribution in [-0.4, -0.2) is 42.2 Å². The number of nitrogens with zero attached hydrogens (tertiary/aromatic N) is 2. The van der Waals surface area contributed by atoms with Crippen LogP contribution >= 0.6 is 0 Å². The van der Waals surface area contributed by atoms with E-state index in [1.165, 1.54) is 56.0 Å². The van der Waals surface area contributed by atoms with Gasteiger partial charge in [0, 0.05) is 37.6 Å². The molecule has 2 rings (SSSR count). The maximum absolute atomic E-state index is 3.46. The molecule has 0 spiro atoms. The molecule has 1 saturated heterocycles. The predicted octanol–water partition coefficient (Wildman–Crippen LogP) is 1.96. The quantitative estimate of drug-likeness (QED) is 0.880. The van der Waals surface area contributed by atoms with E-state index >= 15 is 0 Å². The van der Waals surface area contributed by atoms with Crippen LogP contribution in [0, 0.1) is 13.8 Å². The molecule has 0 amide bonds. The second-order valence-corrected chi connectivity index (χ2v) is 5.34. The van der Waals surface area contributed by atoms with Crippen LogP contribution in [0.2, 0.25) is 0 Å². The summed E-state index contributed by atoms with van der Waals surface area (Å²) in [4.78, 5) is 2.60. The number of nitrogens with one attached hydrogen (secondary N) is 1. The van der Waals surface area contributed by atoms with E-state index in [-0.39, 0.29) is 0 Å². The van der Waals surface area contributed by atoms with Gasteiger partial charge < -0.3 is 14.8 Å². The van der Waals surface area contributed by atoms with Crippen LogP contribution in [-0.2, 0) is 13.0 Å². The Morgan fingerprint density at radius 3 is 2.78 bits per heavy atom. The molecule has 0 aliphatic carbocycles. The van der Waals surface area contributed by atoms with Crippen molar-refractivity contribution in [3.05, 3.63) is 23.0 Å². The summed E-state index contributed by atoms with van der Waals surface area (Å²) in [6.45, 7) is 13.8. The highest BCUT2D eigenvalue weighted by molar-refractivity contribution is 5.27. The summed E-state index contributed by atoms with van der Waals surface area (Å²) in [5.74, 6) is 0. The van der Waals surface area contributed by atoms with Gasteiger partial charge in [-0.15, -0.1) is 0 Å². The first kappa shape index (κ1) is 13.6. The lowest BCUT2D eigenvalue weighted by Crippen LogP contribution is -2.30. The molecule has 0 aromatic carbocycles.